The highest BCUT2D eigenvalue weighted by Gasteiger charge is 2.09. The molecule has 1 rings (SSSR count). The lowest BCUT2D eigenvalue weighted by atomic mass is 10.3. The topological polar surface area (TPSA) is 43.8 Å². The summed E-state index contributed by atoms with van der Waals surface area (Å²) in [6, 6.07) is 0. The van der Waals surface area contributed by atoms with E-state index in [2.05, 4.69) is 11.7 Å². The minimum absolute atomic E-state index is 0.745. The lowest BCUT2D eigenvalue weighted by Crippen LogP contribution is -2.00. The van der Waals surface area contributed by atoms with E-state index in [1.165, 1.54) is 0 Å². The molecular formula is C12H17N3. The fourth-order valence-corrected chi connectivity index (χ4v) is 1.39. The molecule has 1 heterocycles. The van der Waals surface area contributed by atoms with Crippen LogP contribution >= 0.6 is 0 Å². The van der Waals surface area contributed by atoms with E-state index < -0.39 is 0 Å². The molecular weight excluding hydrogens is 186 g/mol. The predicted octanol–water partition coefficient (Wildman–Crippen LogP) is 2.69. The Morgan fingerprint density at radius 1 is 1.47 bits per heavy atom. The normalized spacial score (nSPS) is 12.3. The van der Waals surface area contributed by atoms with Crippen LogP contribution in [0.1, 0.15) is 18.3 Å². The van der Waals surface area contributed by atoms with Gasteiger partial charge in [0, 0.05) is 0 Å². The molecule has 0 unspecified atom stereocenters. The summed E-state index contributed by atoms with van der Waals surface area (Å²) in [5, 5.41) is 4.37. The van der Waals surface area contributed by atoms with Crippen molar-refractivity contribution in [2.24, 2.45) is 0 Å². The van der Waals surface area contributed by atoms with E-state index in [1.807, 2.05) is 43.7 Å². The minimum Gasteiger partial charge on any atom is -0.396 e. The van der Waals surface area contributed by atoms with Gasteiger partial charge < -0.3 is 5.73 Å². The Morgan fingerprint density at radius 3 is 2.53 bits per heavy atom. The molecule has 0 aliphatic carbocycles. The van der Waals surface area contributed by atoms with Gasteiger partial charge >= 0.3 is 0 Å². The number of nitrogens with zero attached hydrogens (tertiary/aromatic N) is 2. The van der Waals surface area contributed by atoms with Crippen molar-refractivity contribution < 1.29 is 0 Å². The van der Waals surface area contributed by atoms with Gasteiger partial charge in [0.1, 0.15) is 0 Å². The summed E-state index contributed by atoms with van der Waals surface area (Å²) in [6.07, 6.45) is 7.57. The molecule has 0 aliphatic rings. The zero-order valence-electron chi connectivity index (χ0n) is 9.49. The first kappa shape index (κ1) is 11.3. The van der Waals surface area contributed by atoms with Crippen molar-refractivity contribution in [3.8, 4) is 0 Å². The molecule has 80 valence electrons. The van der Waals surface area contributed by atoms with Crippen LogP contribution in [0.5, 0.6) is 0 Å². The van der Waals surface area contributed by atoms with Crippen LogP contribution in [-0.4, -0.2) is 9.78 Å². The summed E-state index contributed by atoms with van der Waals surface area (Å²) in [5.74, 6) is 0. The number of hydrogen-bond acceptors (Lipinski definition) is 2. The average Bonchev–Trinajstić information content (AvgIpc) is 2.46. The molecule has 0 fully saturated rings. The highest BCUT2D eigenvalue weighted by atomic mass is 15.3. The number of rotatable bonds is 3. The molecule has 0 radical (unpaired) electrons. The van der Waals surface area contributed by atoms with Crippen molar-refractivity contribution in [1.29, 1.82) is 0 Å². The molecule has 0 atom stereocenters. The van der Waals surface area contributed by atoms with E-state index in [1.54, 1.807) is 6.08 Å². The molecule has 1 aromatic rings. The second kappa shape index (κ2) is 4.64. The zero-order chi connectivity index (χ0) is 11.4. The SMILES string of the molecule is C=C/C=C(\C=C/C)n1nc(C)c(N)c1C. The predicted molar refractivity (Wildman–Crippen MR) is 65.4 cm³/mol. The number of nitrogen functional groups attached to an aromatic ring is 1. The van der Waals surface area contributed by atoms with Crippen molar-refractivity contribution in [1.82, 2.24) is 9.78 Å². The minimum atomic E-state index is 0.745. The number of anilines is 1. The summed E-state index contributed by atoms with van der Waals surface area (Å²) < 4.78 is 1.83. The fraction of sp³-hybridized carbons (Fsp3) is 0.250. The van der Waals surface area contributed by atoms with Crippen LogP contribution in [0.2, 0.25) is 0 Å². The highest BCUT2D eigenvalue weighted by Crippen LogP contribution is 2.19. The van der Waals surface area contributed by atoms with Gasteiger partial charge in [0.15, 0.2) is 0 Å². The Bertz CT molecular complexity index is 422. The van der Waals surface area contributed by atoms with Gasteiger partial charge in [-0.2, -0.15) is 5.10 Å². The van der Waals surface area contributed by atoms with Crippen molar-refractivity contribution in [2.45, 2.75) is 20.8 Å². The molecule has 0 saturated carbocycles. The third kappa shape index (κ3) is 2.18. The molecule has 3 heteroatoms. The summed E-state index contributed by atoms with van der Waals surface area (Å²) in [5.41, 5.74) is 9.39. The number of nitrogens with two attached hydrogens (primary N) is 1. The number of aryl methyl sites for hydroxylation is 1. The Balaban J connectivity index is 3.29. The zero-order valence-corrected chi connectivity index (χ0v) is 9.49. The summed E-state index contributed by atoms with van der Waals surface area (Å²) >= 11 is 0. The summed E-state index contributed by atoms with van der Waals surface area (Å²) in [7, 11) is 0. The average molecular weight is 203 g/mol. The van der Waals surface area contributed by atoms with Gasteiger partial charge in [0.25, 0.3) is 0 Å². The number of aromatic nitrogens is 2. The van der Waals surface area contributed by atoms with Crippen LogP contribution in [0, 0.1) is 13.8 Å². The van der Waals surface area contributed by atoms with Crippen LogP contribution < -0.4 is 5.73 Å². The standard InChI is InChI=1S/C12H17N3/c1-5-7-11(8-6-2)15-10(4)12(13)9(3)14-15/h5-8H,1,13H2,2-4H3/b8-6-,11-7+. The second-order valence-electron chi connectivity index (χ2n) is 3.32. The molecule has 1 aromatic heterocycles. The van der Waals surface area contributed by atoms with Crippen molar-refractivity contribution in [2.75, 3.05) is 5.73 Å². The first-order valence-electron chi connectivity index (χ1n) is 4.89. The van der Waals surface area contributed by atoms with Crippen LogP contribution in [0.3, 0.4) is 0 Å². The van der Waals surface area contributed by atoms with Gasteiger partial charge in [0.05, 0.1) is 22.8 Å². The van der Waals surface area contributed by atoms with E-state index in [-0.39, 0.29) is 0 Å². The third-order valence-electron chi connectivity index (χ3n) is 2.22. The lowest BCUT2D eigenvalue weighted by molar-refractivity contribution is 0.859. The molecule has 0 aliphatic heterocycles. The van der Waals surface area contributed by atoms with Gasteiger partial charge in [0.2, 0.25) is 0 Å². The Morgan fingerprint density at radius 2 is 2.13 bits per heavy atom. The lowest BCUT2D eigenvalue weighted by Gasteiger charge is -2.04. The fourth-order valence-electron chi connectivity index (χ4n) is 1.39. The Labute approximate surface area is 90.6 Å². The van der Waals surface area contributed by atoms with Crippen molar-refractivity contribution >= 4 is 11.4 Å². The smallest absolute Gasteiger partial charge is 0.0830 e. The molecule has 0 spiro atoms. The molecule has 0 saturated heterocycles. The maximum Gasteiger partial charge on any atom is 0.0830 e. The molecule has 0 amide bonds. The van der Waals surface area contributed by atoms with Crippen molar-refractivity contribution in [3.05, 3.63) is 42.3 Å². The highest BCUT2D eigenvalue weighted by molar-refractivity contribution is 5.62. The second-order valence-corrected chi connectivity index (χ2v) is 3.32. The Kier molecular flexibility index (Phi) is 3.50. The quantitative estimate of drug-likeness (QED) is 0.767. The summed E-state index contributed by atoms with van der Waals surface area (Å²) in [4.78, 5) is 0. The van der Waals surface area contributed by atoms with E-state index in [4.69, 9.17) is 5.73 Å². The van der Waals surface area contributed by atoms with Crippen molar-refractivity contribution in [3.63, 3.8) is 0 Å². The maximum atomic E-state index is 5.87. The van der Waals surface area contributed by atoms with Gasteiger partial charge in [-0.25, -0.2) is 4.68 Å². The van der Waals surface area contributed by atoms with Gasteiger partial charge in [-0.05, 0) is 32.9 Å². The molecule has 3 nitrogen and oxygen atoms in total. The third-order valence-corrected chi connectivity index (χ3v) is 2.22. The van der Waals surface area contributed by atoms with Gasteiger partial charge in [-0.3, -0.25) is 0 Å². The van der Waals surface area contributed by atoms with Crippen LogP contribution in [0.25, 0.3) is 5.70 Å². The first-order valence-corrected chi connectivity index (χ1v) is 4.89. The van der Waals surface area contributed by atoms with Gasteiger partial charge in [-0.15, -0.1) is 0 Å². The monoisotopic (exact) mass is 203 g/mol. The van der Waals surface area contributed by atoms with Gasteiger partial charge in [-0.1, -0.05) is 18.7 Å². The molecule has 15 heavy (non-hydrogen) atoms. The van der Waals surface area contributed by atoms with Crippen LogP contribution in [0.15, 0.2) is 30.9 Å². The van der Waals surface area contributed by atoms with Crippen LogP contribution in [-0.2, 0) is 0 Å². The van der Waals surface area contributed by atoms with E-state index >= 15 is 0 Å². The Hall–Kier alpha value is -1.77. The molecule has 0 bridgehead atoms. The number of hydrogen-bond donors (Lipinski definition) is 1. The molecule has 2 N–H and O–H groups in total. The van der Waals surface area contributed by atoms with Crippen LogP contribution in [0.4, 0.5) is 5.69 Å². The van der Waals surface area contributed by atoms with E-state index in [0.29, 0.717) is 0 Å². The van der Waals surface area contributed by atoms with E-state index in [0.717, 1.165) is 22.8 Å². The maximum absolute atomic E-state index is 5.87. The summed E-state index contributed by atoms with van der Waals surface area (Å²) in [6.45, 7) is 9.51. The molecule has 0 aromatic carbocycles. The largest absolute Gasteiger partial charge is 0.396 e. The first-order chi connectivity index (χ1) is 7.11. The number of allylic oxidation sites excluding steroid dienone is 5. The van der Waals surface area contributed by atoms with E-state index in [9.17, 15) is 0 Å².